The molecule has 0 spiro atoms. The van der Waals surface area contributed by atoms with E-state index in [1.54, 1.807) is 12.1 Å². The normalized spacial score (nSPS) is 12.1. The fourth-order valence-electron chi connectivity index (χ4n) is 1.75. The van der Waals surface area contributed by atoms with Gasteiger partial charge < -0.3 is 5.11 Å². The highest BCUT2D eigenvalue weighted by atomic mass is 32.2. The molecule has 0 aliphatic carbocycles. The second-order valence-electron chi connectivity index (χ2n) is 3.83. The van der Waals surface area contributed by atoms with Crippen LogP contribution in [0.25, 0.3) is 11.1 Å². The quantitative estimate of drug-likeness (QED) is 0.923. The van der Waals surface area contributed by atoms with E-state index in [0.29, 0.717) is 10.5 Å². The van der Waals surface area contributed by atoms with E-state index in [9.17, 15) is 14.1 Å². The monoisotopic (exact) mass is 260 g/mol. The lowest BCUT2D eigenvalue weighted by molar-refractivity contribution is 0.0697. The number of benzene rings is 2. The molecule has 0 unspecified atom stereocenters. The maximum atomic E-state index is 11.4. The van der Waals surface area contributed by atoms with E-state index in [1.807, 2.05) is 30.3 Å². The fourth-order valence-corrected chi connectivity index (χ4v) is 2.29. The molecule has 0 aliphatic rings. The van der Waals surface area contributed by atoms with Gasteiger partial charge in [0, 0.05) is 22.0 Å². The maximum absolute atomic E-state index is 11.4. The van der Waals surface area contributed by atoms with E-state index >= 15 is 0 Å². The van der Waals surface area contributed by atoms with Gasteiger partial charge in [0.1, 0.15) is 0 Å². The van der Waals surface area contributed by atoms with Gasteiger partial charge in [-0.2, -0.15) is 0 Å². The molecule has 0 saturated heterocycles. The summed E-state index contributed by atoms with van der Waals surface area (Å²) in [4.78, 5) is 11.8. The molecule has 0 saturated carbocycles. The van der Waals surface area contributed by atoms with Crippen LogP contribution in [0.2, 0.25) is 0 Å². The Kier molecular flexibility index (Phi) is 3.58. The van der Waals surface area contributed by atoms with Gasteiger partial charge in [0.25, 0.3) is 0 Å². The van der Waals surface area contributed by atoms with Crippen LogP contribution in [0.1, 0.15) is 10.4 Å². The standard InChI is InChI=1S/C14H12O3S/c1-18(17)11-7-8-12(13(9-11)14(15)16)10-5-3-2-4-6-10/h2-9H,1H3,(H,15,16)/t18-/m0/s1. The van der Waals surface area contributed by atoms with Crippen LogP contribution in [0.3, 0.4) is 0 Å². The smallest absolute Gasteiger partial charge is 0.336 e. The van der Waals surface area contributed by atoms with Crippen LogP contribution in [-0.4, -0.2) is 21.5 Å². The lowest BCUT2D eigenvalue weighted by Gasteiger charge is -2.07. The lowest BCUT2D eigenvalue weighted by atomic mass is 10.00. The number of carbonyl (C=O) groups is 1. The number of hydrogen-bond acceptors (Lipinski definition) is 2. The Labute approximate surface area is 108 Å². The van der Waals surface area contributed by atoms with E-state index in [4.69, 9.17) is 0 Å². The zero-order valence-corrected chi connectivity index (χ0v) is 10.6. The van der Waals surface area contributed by atoms with E-state index in [-0.39, 0.29) is 5.56 Å². The molecular formula is C14H12O3S. The molecule has 2 rings (SSSR count). The highest BCUT2D eigenvalue weighted by Crippen LogP contribution is 2.25. The molecule has 0 amide bonds. The average molecular weight is 260 g/mol. The van der Waals surface area contributed by atoms with Crippen molar-refractivity contribution in [1.29, 1.82) is 0 Å². The van der Waals surface area contributed by atoms with Gasteiger partial charge in [-0.15, -0.1) is 0 Å². The van der Waals surface area contributed by atoms with Crippen molar-refractivity contribution in [2.24, 2.45) is 0 Å². The molecule has 3 nitrogen and oxygen atoms in total. The first-order valence-electron chi connectivity index (χ1n) is 5.36. The Balaban J connectivity index is 2.61. The number of rotatable bonds is 3. The molecule has 1 atom stereocenters. The van der Waals surface area contributed by atoms with Gasteiger partial charge in [-0.1, -0.05) is 36.4 Å². The summed E-state index contributed by atoms with van der Waals surface area (Å²) in [5, 5.41) is 9.23. The summed E-state index contributed by atoms with van der Waals surface area (Å²) in [5.41, 5.74) is 1.65. The predicted molar refractivity (Wildman–Crippen MR) is 71.2 cm³/mol. The van der Waals surface area contributed by atoms with Gasteiger partial charge in [0.05, 0.1) is 5.56 Å². The Bertz CT molecular complexity index is 606. The lowest BCUT2D eigenvalue weighted by Crippen LogP contribution is -2.01. The number of aromatic carboxylic acids is 1. The van der Waals surface area contributed by atoms with Crippen molar-refractivity contribution >= 4 is 16.8 Å². The average Bonchev–Trinajstić information content (AvgIpc) is 2.39. The van der Waals surface area contributed by atoms with Gasteiger partial charge >= 0.3 is 5.97 Å². The Morgan fingerprint density at radius 2 is 1.78 bits per heavy atom. The summed E-state index contributed by atoms with van der Waals surface area (Å²) in [6.07, 6.45) is 1.53. The molecule has 2 aromatic carbocycles. The summed E-state index contributed by atoms with van der Waals surface area (Å²) in [5.74, 6) is -1.01. The summed E-state index contributed by atoms with van der Waals surface area (Å²) in [6, 6.07) is 14.2. The van der Waals surface area contributed by atoms with Crippen molar-refractivity contribution in [2.75, 3.05) is 6.26 Å². The Hall–Kier alpha value is -1.94. The molecule has 0 fully saturated rings. The van der Waals surface area contributed by atoms with Gasteiger partial charge in [-0.25, -0.2) is 4.79 Å². The molecule has 0 bridgehead atoms. The molecule has 92 valence electrons. The first-order chi connectivity index (χ1) is 8.59. The topological polar surface area (TPSA) is 54.4 Å². The van der Waals surface area contributed by atoms with Gasteiger partial charge in [-0.05, 0) is 23.3 Å². The minimum absolute atomic E-state index is 0.175. The molecule has 0 heterocycles. The van der Waals surface area contributed by atoms with Crippen LogP contribution < -0.4 is 0 Å². The second-order valence-corrected chi connectivity index (χ2v) is 5.21. The first-order valence-corrected chi connectivity index (χ1v) is 6.91. The van der Waals surface area contributed by atoms with Crippen LogP contribution in [0.5, 0.6) is 0 Å². The van der Waals surface area contributed by atoms with Crippen molar-refractivity contribution in [3.05, 3.63) is 54.1 Å². The number of carboxylic acid groups (broad SMARTS) is 1. The molecule has 2 aromatic rings. The highest BCUT2D eigenvalue weighted by Gasteiger charge is 2.13. The molecule has 0 radical (unpaired) electrons. The summed E-state index contributed by atoms with van der Waals surface area (Å²) in [7, 11) is -1.18. The van der Waals surface area contributed by atoms with Crippen LogP contribution >= 0.6 is 0 Å². The van der Waals surface area contributed by atoms with Crippen molar-refractivity contribution in [3.63, 3.8) is 0 Å². The van der Waals surface area contributed by atoms with Crippen molar-refractivity contribution in [2.45, 2.75) is 4.90 Å². The summed E-state index contributed by atoms with van der Waals surface area (Å²) < 4.78 is 11.4. The van der Waals surface area contributed by atoms with E-state index in [1.165, 1.54) is 12.3 Å². The third kappa shape index (κ3) is 2.49. The fraction of sp³-hybridized carbons (Fsp3) is 0.0714. The molecule has 18 heavy (non-hydrogen) atoms. The van der Waals surface area contributed by atoms with Crippen molar-refractivity contribution in [3.8, 4) is 11.1 Å². The third-order valence-electron chi connectivity index (χ3n) is 2.64. The number of carboxylic acids is 1. The van der Waals surface area contributed by atoms with Crippen LogP contribution in [0, 0.1) is 0 Å². The minimum atomic E-state index is -1.18. The van der Waals surface area contributed by atoms with Gasteiger partial charge in [0.15, 0.2) is 0 Å². The maximum Gasteiger partial charge on any atom is 0.336 e. The molecule has 0 aliphatic heterocycles. The van der Waals surface area contributed by atoms with E-state index in [2.05, 4.69) is 0 Å². The Morgan fingerprint density at radius 1 is 1.11 bits per heavy atom. The number of hydrogen-bond donors (Lipinski definition) is 1. The Morgan fingerprint density at radius 3 is 2.33 bits per heavy atom. The zero-order chi connectivity index (χ0) is 13.1. The summed E-state index contributed by atoms with van der Waals surface area (Å²) in [6.45, 7) is 0. The largest absolute Gasteiger partial charge is 0.478 e. The van der Waals surface area contributed by atoms with Crippen LogP contribution in [0.15, 0.2) is 53.4 Å². The second kappa shape index (κ2) is 5.14. The SMILES string of the molecule is C[S@](=O)c1ccc(-c2ccccc2)c(C(=O)O)c1. The van der Waals surface area contributed by atoms with Crippen molar-refractivity contribution < 1.29 is 14.1 Å². The molecule has 1 N–H and O–H groups in total. The molecule has 0 aromatic heterocycles. The van der Waals surface area contributed by atoms with Gasteiger partial charge in [0.2, 0.25) is 0 Å². The van der Waals surface area contributed by atoms with E-state index in [0.717, 1.165) is 5.56 Å². The summed E-state index contributed by atoms with van der Waals surface area (Å²) >= 11 is 0. The molecular weight excluding hydrogens is 248 g/mol. The van der Waals surface area contributed by atoms with Crippen LogP contribution in [0.4, 0.5) is 0 Å². The van der Waals surface area contributed by atoms with Crippen molar-refractivity contribution in [1.82, 2.24) is 0 Å². The zero-order valence-electron chi connectivity index (χ0n) is 9.79. The third-order valence-corrected chi connectivity index (χ3v) is 3.56. The van der Waals surface area contributed by atoms with Crippen LogP contribution in [-0.2, 0) is 10.8 Å². The van der Waals surface area contributed by atoms with Gasteiger partial charge in [-0.3, -0.25) is 4.21 Å². The molecule has 4 heteroatoms. The minimum Gasteiger partial charge on any atom is -0.478 e. The predicted octanol–water partition coefficient (Wildman–Crippen LogP) is 2.79. The highest BCUT2D eigenvalue weighted by molar-refractivity contribution is 7.84. The first kappa shape index (κ1) is 12.5. The van der Waals surface area contributed by atoms with E-state index < -0.39 is 16.8 Å².